The van der Waals surface area contributed by atoms with Crippen molar-refractivity contribution in [2.45, 2.75) is 65.0 Å². The summed E-state index contributed by atoms with van der Waals surface area (Å²) < 4.78 is 0. The fourth-order valence-corrected chi connectivity index (χ4v) is 4.58. The molecule has 3 rings (SSSR count). The van der Waals surface area contributed by atoms with Crippen LogP contribution in [-0.2, 0) is 6.42 Å². The van der Waals surface area contributed by atoms with Crippen LogP contribution in [0.2, 0.25) is 0 Å². The molecular weight excluding hydrogens is 282 g/mol. The van der Waals surface area contributed by atoms with Crippen LogP contribution in [0.4, 0.5) is 0 Å². The van der Waals surface area contributed by atoms with Crippen molar-refractivity contribution in [3.05, 3.63) is 41.8 Å². The van der Waals surface area contributed by atoms with E-state index in [0.717, 1.165) is 18.3 Å². The quantitative estimate of drug-likeness (QED) is 0.832. The molecule has 1 aromatic carbocycles. The van der Waals surface area contributed by atoms with Crippen LogP contribution in [0.25, 0.3) is 0 Å². The third-order valence-electron chi connectivity index (χ3n) is 5.91. The van der Waals surface area contributed by atoms with E-state index in [-0.39, 0.29) is 11.5 Å². The zero-order valence-corrected chi connectivity index (χ0v) is 14.9. The van der Waals surface area contributed by atoms with Crippen LogP contribution >= 0.6 is 0 Å². The highest BCUT2D eigenvalue weighted by Crippen LogP contribution is 2.44. The minimum atomic E-state index is -0.366. The zero-order valence-electron chi connectivity index (χ0n) is 14.9. The van der Waals surface area contributed by atoms with Crippen LogP contribution < -0.4 is 5.32 Å². The van der Waals surface area contributed by atoms with Gasteiger partial charge in [-0.15, -0.1) is 0 Å². The molecule has 1 aromatic rings. The Bertz CT molecular complexity index is 492. The normalized spacial score (nSPS) is 28.5. The predicted molar refractivity (Wildman–Crippen MR) is 96.1 cm³/mol. The molecule has 0 amide bonds. The summed E-state index contributed by atoms with van der Waals surface area (Å²) in [7, 11) is 0. The van der Waals surface area contributed by atoms with Gasteiger partial charge >= 0.3 is 0 Å². The standard InChI is InChI=1S/C21H32NO/c1-21(2,3)18(12-15-7-5-4-6-8-15)20(23)14-22-19-13-16-9-10-17(19)11-16/h4-8,16-17,19-20,22-23H,9-14H2,1-3H3/t16?,17-,19?,20-/m0/s1. The highest BCUT2D eigenvalue weighted by atomic mass is 16.3. The molecule has 0 saturated heterocycles. The van der Waals surface area contributed by atoms with Gasteiger partial charge in [0.2, 0.25) is 0 Å². The molecule has 2 bridgehead atoms. The summed E-state index contributed by atoms with van der Waals surface area (Å²) in [4.78, 5) is 0. The fourth-order valence-electron chi connectivity index (χ4n) is 4.58. The van der Waals surface area contributed by atoms with E-state index in [2.05, 4.69) is 50.4 Å². The Labute approximate surface area is 141 Å². The van der Waals surface area contributed by atoms with Crippen molar-refractivity contribution >= 4 is 0 Å². The molecule has 0 spiro atoms. The Morgan fingerprint density at radius 3 is 2.48 bits per heavy atom. The van der Waals surface area contributed by atoms with Gasteiger partial charge in [0.05, 0.1) is 6.10 Å². The Morgan fingerprint density at radius 2 is 1.91 bits per heavy atom. The summed E-state index contributed by atoms with van der Waals surface area (Å²) in [5.41, 5.74) is 1.31. The maximum atomic E-state index is 10.8. The van der Waals surface area contributed by atoms with Crippen LogP contribution in [0.15, 0.2) is 30.3 Å². The SMILES string of the molecule is CC(C)(C)[C](Cc1ccccc1)[C@@H](O)CNC1CC2CC[C@H]1C2. The molecule has 0 heterocycles. The topological polar surface area (TPSA) is 32.3 Å². The number of aliphatic hydroxyl groups excluding tert-OH is 1. The minimum Gasteiger partial charge on any atom is -0.391 e. The van der Waals surface area contributed by atoms with Crippen molar-refractivity contribution in [3.8, 4) is 0 Å². The Balaban J connectivity index is 1.58. The Morgan fingerprint density at radius 1 is 1.17 bits per heavy atom. The molecule has 2 aliphatic carbocycles. The summed E-state index contributed by atoms with van der Waals surface area (Å²) in [5, 5.41) is 14.5. The van der Waals surface area contributed by atoms with E-state index < -0.39 is 0 Å². The lowest BCUT2D eigenvalue weighted by atomic mass is 9.74. The first-order valence-electron chi connectivity index (χ1n) is 9.25. The van der Waals surface area contributed by atoms with E-state index in [1.165, 1.54) is 37.2 Å². The summed E-state index contributed by atoms with van der Waals surface area (Å²) in [6, 6.07) is 11.2. The smallest absolute Gasteiger partial charge is 0.0735 e. The fraction of sp³-hybridized carbons (Fsp3) is 0.667. The van der Waals surface area contributed by atoms with E-state index in [4.69, 9.17) is 0 Å². The summed E-state index contributed by atoms with van der Waals surface area (Å²) in [6.07, 6.45) is 6.05. The van der Waals surface area contributed by atoms with Crippen molar-refractivity contribution in [2.75, 3.05) is 6.54 Å². The second-order valence-corrected chi connectivity index (χ2v) is 8.64. The number of fused-ring (bicyclic) bond motifs is 2. The lowest BCUT2D eigenvalue weighted by Crippen LogP contribution is -2.43. The molecule has 2 unspecified atom stereocenters. The largest absolute Gasteiger partial charge is 0.391 e. The van der Waals surface area contributed by atoms with Gasteiger partial charge < -0.3 is 10.4 Å². The van der Waals surface area contributed by atoms with E-state index in [9.17, 15) is 5.11 Å². The van der Waals surface area contributed by atoms with Gasteiger partial charge in [-0.05, 0) is 48.5 Å². The van der Waals surface area contributed by atoms with Crippen LogP contribution in [0.5, 0.6) is 0 Å². The molecule has 2 nitrogen and oxygen atoms in total. The highest BCUT2D eigenvalue weighted by Gasteiger charge is 2.40. The molecular formula is C21H32NO. The van der Waals surface area contributed by atoms with Gasteiger partial charge in [-0.3, -0.25) is 0 Å². The number of rotatable bonds is 6. The monoisotopic (exact) mass is 314 g/mol. The Hall–Kier alpha value is -0.860. The van der Waals surface area contributed by atoms with Crippen LogP contribution in [0, 0.1) is 23.2 Å². The average molecular weight is 314 g/mol. The van der Waals surface area contributed by atoms with Crippen LogP contribution in [-0.4, -0.2) is 23.8 Å². The first-order chi connectivity index (χ1) is 10.9. The average Bonchev–Trinajstić information content (AvgIpc) is 3.13. The number of benzene rings is 1. The number of hydrogen-bond donors (Lipinski definition) is 2. The summed E-state index contributed by atoms with van der Waals surface area (Å²) in [6.45, 7) is 7.34. The van der Waals surface area contributed by atoms with Gasteiger partial charge in [0.15, 0.2) is 0 Å². The molecule has 1 radical (unpaired) electrons. The first kappa shape index (κ1) is 17.0. The van der Waals surface area contributed by atoms with Crippen LogP contribution in [0.3, 0.4) is 0 Å². The molecule has 0 aromatic heterocycles. The van der Waals surface area contributed by atoms with E-state index >= 15 is 0 Å². The molecule has 127 valence electrons. The Kier molecular flexibility index (Phi) is 5.13. The molecule has 2 aliphatic rings. The number of nitrogens with one attached hydrogen (secondary N) is 1. The molecule has 0 aliphatic heterocycles. The first-order valence-corrected chi connectivity index (χ1v) is 9.25. The van der Waals surface area contributed by atoms with Crippen molar-refractivity contribution in [1.29, 1.82) is 0 Å². The van der Waals surface area contributed by atoms with Gasteiger partial charge in [0.25, 0.3) is 0 Å². The lowest BCUT2D eigenvalue weighted by molar-refractivity contribution is 0.135. The van der Waals surface area contributed by atoms with Crippen molar-refractivity contribution in [3.63, 3.8) is 0 Å². The van der Waals surface area contributed by atoms with E-state index in [1.807, 2.05) is 6.07 Å². The third-order valence-corrected chi connectivity index (χ3v) is 5.91. The van der Waals surface area contributed by atoms with Crippen molar-refractivity contribution in [2.24, 2.45) is 17.3 Å². The molecule has 23 heavy (non-hydrogen) atoms. The molecule has 2 fully saturated rings. The van der Waals surface area contributed by atoms with E-state index in [1.54, 1.807) is 0 Å². The third kappa shape index (κ3) is 4.16. The van der Waals surface area contributed by atoms with Gasteiger partial charge in [0, 0.05) is 18.5 Å². The predicted octanol–water partition coefficient (Wildman–Crippen LogP) is 3.99. The molecule has 2 N–H and O–H groups in total. The number of hydrogen-bond acceptors (Lipinski definition) is 2. The minimum absolute atomic E-state index is 0.0195. The van der Waals surface area contributed by atoms with Crippen molar-refractivity contribution < 1.29 is 5.11 Å². The highest BCUT2D eigenvalue weighted by molar-refractivity contribution is 5.23. The molecule has 2 saturated carbocycles. The number of aliphatic hydroxyl groups is 1. The van der Waals surface area contributed by atoms with Gasteiger partial charge in [-0.25, -0.2) is 0 Å². The van der Waals surface area contributed by atoms with Crippen LogP contribution in [0.1, 0.15) is 52.0 Å². The molecule has 4 atom stereocenters. The van der Waals surface area contributed by atoms with E-state index in [0.29, 0.717) is 12.6 Å². The van der Waals surface area contributed by atoms with Gasteiger partial charge in [-0.1, -0.05) is 57.5 Å². The second kappa shape index (κ2) is 6.94. The van der Waals surface area contributed by atoms with Gasteiger partial charge in [0.1, 0.15) is 0 Å². The van der Waals surface area contributed by atoms with Gasteiger partial charge in [-0.2, -0.15) is 0 Å². The lowest BCUT2D eigenvalue weighted by Gasteiger charge is -2.35. The second-order valence-electron chi connectivity index (χ2n) is 8.64. The van der Waals surface area contributed by atoms with Crippen molar-refractivity contribution in [1.82, 2.24) is 5.32 Å². The maximum Gasteiger partial charge on any atom is 0.0735 e. The zero-order chi connectivity index (χ0) is 16.4. The summed E-state index contributed by atoms with van der Waals surface area (Å²) >= 11 is 0. The maximum absolute atomic E-state index is 10.8. The molecule has 2 heteroatoms. The summed E-state index contributed by atoms with van der Waals surface area (Å²) in [5.74, 6) is 3.05.